The van der Waals surface area contributed by atoms with Gasteiger partial charge >= 0.3 is 10.2 Å². The van der Waals surface area contributed by atoms with Crippen molar-refractivity contribution in [2.75, 3.05) is 23.2 Å². The van der Waals surface area contributed by atoms with Crippen molar-refractivity contribution in [1.82, 2.24) is 19.5 Å². The summed E-state index contributed by atoms with van der Waals surface area (Å²) in [5.41, 5.74) is 7.40. The van der Waals surface area contributed by atoms with Crippen molar-refractivity contribution in [3.05, 3.63) is 89.5 Å². The maximum absolute atomic E-state index is 14.0. The molecule has 1 saturated heterocycles. The predicted molar refractivity (Wildman–Crippen MR) is 166 cm³/mol. The maximum atomic E-state index is 14.0. The van der Waals surface area contributed by atoms with Crippen molar-refractivity contribution in [3.8, 4) is 22.9 Å². The Morgan fingerprint density at radius 3 is 2.52 bits per heavy atom. The zero-order chi connectivity index (χ0) is 33.0. The summed E-state index contributed by atoms with van der Waals surface area (Å²) in [6.07, 6.45) is -1.48. The van der Waals surface area contributed by atoms with Gasteiger partial charge in [-0.25, -0.2) is 17.9 Å². The quantitative estimate of drug-likeness (QED) is 0.179. The first kappa shape index (κ1) is 31.0. The van der Waals surface area contributed by atoms with Crippen LogP contribution in [0, 0.1) is 12.7 Å². The molecule has 240 valence electrons. The minimum Gasteiger partial charge on any atom is -0.485 e. The number of aromatic amines is 1. The van der Waals surface area contributed by atoms with E-state index in [1.165, 1.54) is 41.2 Å². The largest absolute Gasteiger partial charge is 0.485 e. The molecule has 0 amide bonds. The first-order chi connectivity index (χ1) is 21.7. The van der Waals surface area contributed by atoms with E-state index in [1.54, 1.807) is 51.1 Å². The normalized spacial score (nSPS) is 15.5. The highest BCUT2D eigenvalue weighted by Crippen LogP contribution is 2.38. The molecule has 0 spiro atoms. The van der Waals surface area contributed by atoms with E-state index in [0.717, 1.165) is 4.31 Å². The summed E-state index contributed by atoms with van der Waals surface area (Å²) in [5, 5.41) is 4.73. The summed E-state index contributed by atoms with van der Waals surface area (Å²) >= 11 is 0. The van der Waals surface area contributed by atoms with Crippen molar-refractivity contribution in [1.29, 1.82) is 0 Å². The van der Waals surface area contributed by atoms with Crippen LogP contribution in [0.3, 0.4) is 0 Å². The van der Waals surface area contributed by atoms with Crippen molar-refractivity contribution < 1.29 is 35.9 Å². The molecule has 11 nitrogen and oxygen atoms in total. The van der Waals surface area contributed by atoms with Crippen LogP contribution in [-0.2, 0) is 10.2 Å². The zero-order valence-corrected chi connectivity index (χ0v) is 25.7. The van der Waals surface area contributed by atoms with Crippen LogP contribution in [0.1, 0.15) is 35.5 Å². The Kier molecular flexibility index (Phi) is 7.68. The van der Waals surface area contributed by atoms with Gasteiger partial charge in [0, 0.05) is 16.4 Å². The molecular weight excluding hydrogens is 625 g/mol. The number of hydrogen-bond donors (Lipinski definition) is 3. The summed E-state index contributed by atoms with van der Waals surface area (Å²) in [7, 11) is -4.00. The smallest absolute Gasteiger partial charge is 0.302 e. The highest BCUT2D eigenvalue weighted by Gasteiger charge is 2.42. The predicted octanol–water partition coefficient (Wildman–Crippen LogP) is 5.48. The Morgan fingerprint density at radius 1 is 1.09 bits per heavy atom. The standard InChI is InChI=1S/C31H29F3N6O5S/c1-17-10-19(45-26-7-5-4-6-21(26)32)8-9-24(17)40-30(35)20(14-36-40)29(41)23-11-18-12-27(44-15-28(33)34)25(13-22(18)37-23)39-16-31(2,3)38-46(39,42)43/h4-14,28,37-38H,15-16,35H2,1-3H3. The lowest BCUT2D eigenvalue weighted by Crippen LogP contribution is -2.36. The van der Waals surface area contributed by atoms with Crippen LogP contribution in [-0.4, -0.2) is 54.1 Å². The minimum atomic E-state index is -4.00. The number of para-hydroxylation sites is 1. The number of ketones is 1. The van der Waals surface area contributed by atoms with E-state index in [9.17, 15) is 26.4 Å². The molecule has 0 bridgehead atoms. The first-order valence-corrected chi connectivity index (χ1v) is 15.5. The summed E-state index contributed by atoms with van der Waals surface area (Å²) in [5.74, 6) is -0.585. The zero-order valence-electron chi connectivity index (χ0n) is 24.8. The number of rotatable bonds is 9. The van der Waals surface area contributed by atoms with Gasteiger partial charge in [0.15, 0.2) is 11.6 Å². The van der Waals surface area contributed by atoms with Crippen LogP contribution in [0.5, 0.6) is 17.2 Å². The van der Waals surface area contributed by atoms with E-state index >= 15 is 0 Å². The van der Waals surface area contributed by atoms with Crippen molar-refractivity contribution in [2.45, 2.75) is 32.7 Å². The average Bonchev–Trinajstić information content (AvgIpc) is 3.64. The monoisotopic (exact) mass is 654 g/mol. The number of carbonyl (C=O) groups excluding carboxylic acids is 1. The summed E-state index contributed by atoms with van der Waals surface area (Å²) < 4.78 is 81.9. The molecule has 15 heteroatoms. The van der Waals surface area contributed by atoms with E-state index in [0.29, 0.717) is 27.9 Å². The van der Waals surface area contributed by atoms with Gasteiger partial charge in [0.1, 0.15) is 23.9 Å². The van der Waals surface area contributed by atoms with Crippen molar-refractivity contribution in [3.63, 3.8) is 0 Å². The number of nitrogens with two attached hydrogens (primary N) is 1. The van der Waals surface area contributed by atoms with Gasteiger partial charge in [-0.05, 0) is 74.9 Å². The van der Waals surface area contributed by atoms with Crippen LogP contribution < -0.4 is 24.2 Å². The van der Waals surface area contributed by atoms with Crippen molar-refractivity contribution >= 4 is 38.4 Å². The van der Waals surface area contributed by atoms with E-state index in [2.05, 4.69) is 14.8 Å². The number of benzene rings is 3. The number of fused-ring (bicyclic) bond motifs is 1. The number of halogens is 3. The summed E-state index contributed by atoms with van der Waals surface area (Å²) in [6.45, 7) is 4.23. The molecule has 6 rings (SSSR count). The molecule has 3 aromatic carbocycles. The van der Waals surface area contributed by atoms with E-state index in [1.807, 2.05) is 0 Å². The number of anilines is 2. The molecule has 0 atom stereocenters. The molecular formula is C31H29F3N6O5S. The second kappa shape index (κ2) is 11.4. The van der Waals surface area contributed by atoms with Crippen LogP contribution in [0.4, 0.5) is 24.7 Å². The van der Waals surface area contributed by atoms with Gasteiger partial charge in [0.2, 0.25) is 5.78 Å². The molecule has 0 saturated carbocycles. The number of aromatic nitrogens is 3. The fourth-order valence-corrected chi connectivity index (χ4v) is 7.05. The lowest BCUT2D eigenvalue weighted by molar-refractivity contribution is 0.0822. The fraction of sp³-hybridized carbons (Fsp3) is 0.226. The Bertz CT molecular complexity index is 2090. The topological polar surface area (TPSA) is 145 Å². The Balaban J connectivity index is 1.31. The van der Waals surface area contributed by atoms with E-state index in [-0.39, 0.29) is 40.8 Å². The molecule has 1 aliphatic heterocycles. The number of alkyl halides is 2. The highest BCUT2D eigenvalue weighted by atomic mass is 32.2. The molecule has 3 heterocycles. The lowest BCUT2D eigenvalue weighted by atomic mass is 10.1. The Morgan fingerprint density at radius 2 is 1.85 bits per heavy atom. The third-order valence-corrected chi connectivity index (χ3v) is 9.04. The van der Waals surface area contributed by atoms with Gasteiger partial charge in [-0.2, -0.15) is 18.2 Å². The van der Waals surface area contributed by atoms with Crippen LogP contribution in [0.2, 0.25) is 0 Å². The van der Waals surface area contributed by atoms with Crippen LogP contribution in [0.15, 0.2) is 66.9 Å². The second-order valence-corrected chi connectivity index (χ2v) is 13.1. The summed E-state index contributed by atoms with van der Waals surface area (Å²) in [6, 6.07) is 15.3. The number of ether oxygens (including phenoxy) is 2. The number of H-pyrrole nitrogens is 1. The number of nitrogens with one attached hydrogen (secondary N) is 2. The van der Waals surface area contributed by atoms with Gasteiger partial charge in [-0.1, -0.05) is 12.1 Å². The van der Waals surface area contributed by atoms with Crippen LogP contribution in [0.25, 0.3) is 16.6 Å². The molecule has 0 aliphatic carbocycles. The van der Waals surface area contributed by atoms with Gasteiger partial charge < -0.3 is 20.2 Å². The number of aryl methyl sites for hydroxylation is 1. The number of carbonyl (C=O) groups is 1. The second-order valence-electron chi connectivity index (χ2n) is 11.5. The third kappa shape index (κ3) is 5.86. The summed E-state index contributed by atoms with van der Waals surface area (Å²) in [4.78, 5) is 16.6. The highest BCUT2D eigenvalue weighted by molar-refractivity contribution is 7.91. The maximum Gasteiger partial charge on any atom is 0.302 e. The van der Waals surface area contributed by atoms with Gasteiger partial charge in [-0.15, -0.1) is 0 Å². The average molecular weight is 655 g/mol. The molecule has 1 aliphatic rings. The van der Waals surface area contributed by atoms with Gasteiger partial charge in [0.05, 0.1) is 35.4 Å². The molecule has 46 heavy (non-hydrogen) atoms. The third-order valence-electron chi connectivity index (χ3n) is 7.32. The van der Waals surface area contributed by atoms with Gasteiger partial charge in [-0.3, -0.25) is 9.10 Å². The molecule has 1 fully saturated rings. The van der Waals surface area contributed by atoms with Crippen LogP contribution >= 0.6 is 0 Å². The Hall–Kier alpha value is -5.02. The lowest BCUT2D eigenvalue weighted by Gasteiger charge is -2.21. The molecule has 4 N–H and O–H groups in total. The minimum absolute atomic E-state index is 0.0176. The van der Waals surface area contributed by atoms with E-state index < -0.39 is 40.4 Å². The number of nitrogen functional groups attached to an aromatic ring is 1. The first-order valence-electron chi connectivity index (χ1n) is 14.0. The molecule has 0 radical (unpaired) electrons. The number of hydrogen-bond acceptors (Lipinski definition) is 7. The Labute approximate surface area is 261 Å². The molecule has 2 aromatic heterocycles. The SMILES string of the molecule is Cc1cc(Oc2ccccc2F)ccc1-n1ncc(C(=O)c2cc3cc(OCC(F)F)c(N4CC(C)(C)NS4(=O)=O)cc3[nH]2)c1N. The fourth-order valence-electron chi connectivity index (χ4n) is 5.28. The van der Waals surface area contributed by atoms with Gasteiger partial charge in [0.25, 0.3) is 6.43 Å². The molecule has 0 unspecified atom stereocenters. The number of nitrogens with zero attached hydrogens (tertiary/aromatic N) is 3. The van der Waals surface area contributed by atoms with Crippen molar-refractivity contribution in [2.24, 2.45) is 0 Å². The molecule has 5 aromatic rings. The van der Waals surface area contributed by atoms with E-state index in [4.69, 9.17) is 15.2 Å².